The van der Waals surface area contributed by atoms with E-state index in [2.05, 4.69) is 34.7 Å². The van der Waals surface area contributed by atoms with Gasteiger partial charge >= 0.3 is 6.01 Å². The van der Waals surface area contributed by atoms with Crippen LogP contribution in [0.25, 0.3) is 0 Å². The molecule has 1 aliphatic rings. The number of hydrogen-bond acceptors (Lipinski definition) is 5. The Labute approximate surface area is 96.0 Å². The molecule has 2 rings (SSSR count). The van der Waals surface area contributed by atoms with Crippen molar-refractivity contribution in [3.8, 4) is 0 Å². The van der Waals surface area contributed by atoms with Gasteiger partial charge in [0.15, 0.2) is 0 Å². The lowest BCUT2D eigenvalue weighted by atomic mass is 9.92. The molecule has 0 amide bonds. The number of rotatable bonds is 6. The molecule has 0 unspecified atom stereocenters. The lowest BCUT2D eigenvalue weighted by Gasteiger charge is -2.18. The van der Waals surface area contributed by atoms with E-state index < -0.39 is 0 Å². The van der Waals surface area contributed by atoms with Crippen molar-refractivity contribution in [2.45, 2.75) is 33.2 Å². The summed E-state index contributed by atoms with van der Waals surface area (Å²) in [6.45, 7) is 6.10. The molecular formula is C11H20N4O. The second kappa shape index (κ2) is 4.41. The predicted molar refractivity (Wildman–Crippen MR) is 62.1 cm³/mol. The van der Waals surface area contributed by atoms with Crippen LogP contribution in [0.1, 0.15) is 32.6 Å². The summed E-state index contributed by atoms with van der Waals surface area (Å²) in [6, 6.07) is 0.539. The van der Waals surface area contributed by atoms with E-state index in [0.717, 1.165) is 6.54 Å². The van der Waals surface area contributed by atoms with Crippen LogP contribution in [0.2, 0.25) is 0 Å². The van der Waals surface area contributed by atoms with Gasteiger partial charge in [0.05, 0.1) is 6.54 Å². The molecule has 16 heavy (non-hydrogen) atoms. The first-order chi connectivity index (χ1) is 7.66. The second-order valence-electron chi connectivity index (χ2n) is 4.90. The highest BCUT2D eigenvalue weighted by Gasteiger charge is 2.45. The summed E-state index contributed by atoms with van der Waals surface area (Å²) in [5.41, 5.74) is 0.456. The molecular weight excluding hydrogens is 204 g/mol. The highest BCUT2D eigenvalue weighted by molar-refractivity contribution is 5.19. The predicted octanol–water partition coefficient (Wildman–Crippen LogP) is 1.64. The topological polar surface area (TPSA) is 63.0 Å². The van der Waals surface area contributed by atoms with Gasteiger partial charge in [-0.05, 0) is 31.2 Å². The Bertz CT molecular complexity index is 344. The van der Waals surface area contributed by atoms with E-state index in [-0.39, 0.29) is 0 Å². The molecule has 90 valence electrons. The van der Waals surface area contributed by atoms with Gasteiger partial charge in [-0.3, -0.25) is 0 Å². The average Bonchev–Trinajstić information content (AvgIpc) is 2.92. The molecule has 1 heterocycles. The Morgan fingerprint density at radius 3 is 2.69 bits per heavy atom. The van der Waals surface area contributed by atoms with Crippen LogP contribution in [0.5, 0.6) is 0 Å². The summed E-state index contributed by atoms with van der Waals surface area (Å²) in [4.78, 5) is 0. The van der Waals surface area contributed by atoms with E-state index in [1.807, 2.05) is 7.05 Å². The highest BCUT2D eigenvalue weighted by Crippen LogP contribution is 2.51. The molecule has 1 aliphatic carbocycles. The third-order valence-corrected chi connectivity index (χ3v) is 3.50. The largest absolute Gasteiger partial charge is 0.407 e. The van der Waals surface area contributed by atoms with E-state index in [0.29, 0.717) is 29.8 Å². The molecule has 2 N–H and O–H groups in total. The number of nitrogens with one attached hydrogen (secondary N) is 2. The lowest BCUT2D eigenvalue weighted by molar-refractivity contribution is 0.374. The smallest absolute Gasteiger partial charge is 0.315 e. The molecule has 0 bridgehead atoms. The molecule has 1 saturated carbocycles. The third kappa shape index (κ3) is 2.35. The van der Waals surface area contributed by atoms with Gasteiger partial charge in [-0.2, -0.15) is 0 Å². The number of aromatic nitrogens is 2. The Balaban J connectivity index is 1.85. The van der Waals surface area contributed by atoms with Crippen LogP contribution in [0.3, 0.4) is 0 Å². The quantitative estimate of drug-likeness (QED) is 0.769. The van der Waals surface area contributed by atoms with Gasteiger partial charge in [0.1, 0.15) is 0 Å². The number of nitrogens with zero attached hydrogens (tertiary/aromatic N) is 2. The summed E-state index contributed by atoms with van der Waals surface area (Å²) < 4.78 is 5.43. The zero-order valence-corrected chi connectivity index (χ0v) is 10.2. The van der Waals surface area contributed by atoms with Crippen molar-refractivity contribution in [1.29, 1.82) is 0 Å². The van der Waals surface area contributed by atoms with E-state index in [4.69, 9.17) is 4.42 Å². The molecule has 0 aromatic carbocycles. The van der Waals surface area contributed by atoms with Crippen LogP contribution < -0.4 is 10.6 Å². The molecule has 1 fully saturated rings. The molecule has 5 heteroatoms. The summed E-state index contributed by atoms with van der Waals surface area (Å²) >= 11 is 0. The minimum absolute atomic E-state index is 0.456. The van der Waals surface area contributed by atoms with Gasteiger partial charge in [0, 0.05) is 6.54 Å². The summed E-state index contributed by atoms with van der Waals surface area (Å²) in [5.74, 6) is 1.33. The Morgan fingerprint density at radius 1 is 1.38 bits per heavy atom. The van der Waals surface area contributed by atoms with Crippen LogP contribution in [0, 0.1) is 11.3 Å². The lowest BCUT2D eigenvalue weighted by Crippen LogP contribution is -2.20. The van der Waals surface area contributed by atoms with E-state index >= 15 is 0 Å². The van der Waals surface area contributed by atoms with Crippen LogP contribution in [-0.4, -0.2) is 23.8 Å². The van der Waals surface area contributed by atoms with Gasteiger partial charge in [0.25, 0.3) is 0 Å². The van der Waals surface area contributed by atoms with Crippen molar-refractivity contribution >= 4 is 6.01 Å². The molecule has 0 saturated heterocycles. The van der Waals surface area contributed by atoms with Crippen molar-refractivity contribution in [2.75, 3.05) is 18.9 Å². The molecule has 0 atom stereocenters. The second-order valence-corrected chi connectivity index (χ2v) is 4.90. The van der Waals surface area contributed by atoms with Gasteiger partial charge in [-0.1, -0.05) is 18.9 Å². The fourth-order valence-electron chi connectivity index (χ4n) is 1.92. The molecule has 1 aromatic heterocycles. The summed E-state index contributed by atoms with van der Waals surface area (Å²) in [6.07, 6.45) is 2.60. The monoisotopic (exact) mass is 224 g/mol. The van der Waals surface area contributed by atoms with Gasteiger partial charge in [-0.25, -0.2) is 0 Å². The normalized spacial score (nSPS) is 17.8. The molecule has 0 spiro atoms. The SMILES string of the molecule is CNCc1nnc(NCC2(C(C)C)CC2)o1. The van der Waals surface area contributed by atoms with Gasteiger partial charge < -0.3 is 15.1 Å². The zero-order chi connectivity index (χ0) is 11.6. The van der Waals surface area contributed by atoms with E-state index in [9.17, 15) is 0 Å². The maximum Gasteiger partial charge on any atom is 0.315 e. The van der Waals surface area contributed by atoms with Crippen molar-refractivity contribution in [3.63, 3.8) is 0 Å². The number of hydrogen-bond donors (Lipinski definition) is 2. The third-order valence-electron chi connectivity index (χ3n) is 3.50. The van der Waals surface area contributed by atoms with Crippen molar-refractivity contribution in [3.05, 3.63) is 5.89 Å². The standard InChI is InChI=1S/C11H20N4O/c1-8(2)11(4-5-11)7-13-10-15-14-9(16-10)6-12-3/h8,12H,4-7H2,1-3H3,(H,13,15). The minimum Gasteiger partial charge on any atom is -0.407 e. The number of anilines is 1. The van der Waals surface area contributed by atoms with Crippen LogP contribution in [0.15, 0.2) is 4.42 Å². The maximum absolute atomic E-state index is 5.43. The van der Waals surface area contributed by atoms with E-state index in [1.165, 1.54) is 12.8 Å². The van der Waals surface area contributed by atoms with E-state index in [1.54, 1.807) is 0 Å². The summed E-state index contributed by atoms with van der Waals surface area (Å²) in [7, 11) is 1.86. The Kier molecular flexibility index (Phi) is 3.14. The van der Waals surface area contributed by atoms with Crippen molar-refractivity contribution in [2.24, 2.45) is 11.3 Å². The molecule has 1 aromatic rings. The fraction of sp³-hybridized carbons (Fsp3) is 0.818. The maximum atomic E-state index is 5.43. The fourth-order valence-corrected chi connectivity index (χ4v) is 1.92. The minimum atomic E-state index is 0.456. The van der Waals surface area contributed by atoms with Crippen LogP contribution in [0.4, 0.5) is 6.01 Å². The average molecular weight is 224 g/mol. The molecule has 0 aliphatic heterocycles. The Hall–Kier alpha value is -1.10. The van der Waals surface area contributed by atoms with Crippen molar-refractivity contribution in [1.82, 2.24) is 15.5 Å². The van der Waals surface area contributed by atoms with Gasteiger partial charge in [0.2, 0.25) is 5.89 Å². The van der Waals surface area contributed by atoms with Gasteiger partial charge in [-0.15, -0.1) is 5.10 Å². The van der Waals surface area contributed by atoms with Crippen LogP contribution in [-0.2, 0) is 6.54 Å². The molecule has 5 nitrogen and oxygen atoms in total. The van der Waals surface area contributed by atoms with Crippen LogP contribution >= 0.6 is 0 Å². The molecule has 0 radical (unpaired) electrons. The first kappa shape index (κ1) is 11.4. The summed E-state index contributed by atoms with van der Waals surface area (Å²) in [5, 5.41) is 14.1. The van der Waals surface area contributed by atoms with Crippen molar-refractivity contribution < 1.29 is 4.42 Å². The first-order valence-corrected chi connectivity index (χ1v) is 5.87. The zero-order valence-electron chi connectivity index (χ0n) is 10.2. The Morgan fingerprint density at radius 2 is 2.12 bits per heavy atom. The first-order valence-electron chi connectivity index (χ1n) is 5.87. The highest BCUT2D eigenvalue weighted by atomic mass is 16.4.